The van der Waals surface area contributed by atoms with E-state index in [1.807, 2.05) is 0 Å². The van der Waals surface area contributed by atoms with Crippen molar-refractivity contribution in [1.29, 1.82) is 0 Å². The van der Waals surface area contributed by atoms with Gasteiger partial charge in [0, 0.05) is 26.7 Å². The van der Waals surface area contributed by atoms with Crippen LogP contribution in [0, 0.1) is 17.3 Å². The lowest BCUT2D eigenvalue weighted by atomic mass is 9.52. The first-order chi connectivity index (χ1) is 17.7. The van der Waals surface area contributed by atoms with Crippen molar-refractivity contribution in [3.63, 3.8) is 0 Å². The Bertz CT molecular complexity index is 1090. The highest BCUT2D eigenvalue weighted by Gasteiger charge is 2.78. The van der Waals surface area contributed by atoms with Gasteiger partial charge in [-0.05, 0) is 25.3 Å². The lowest BCUT2D eigenvalue weighted by molar-refractivity contribution is -0.245. The van der Waals surface area contributed by atoms with E-state index in [0.717, 1.165) is 0 Å². The summed E-state index contributed by atoms with van der Waals surface area (Å²) in [5, 5.41) is 11.3. The van der Waals surface area contributed by atoms with Crippen LogP contribution in [-0.2, 0) is 47.6 Å². The highest BCUT2D eigenvalue weighted by atomic mass is 35.5. The zero-order chi connectivity index (χ0) is 27.9. The fourth-order valence-corrected chi connectivity index (χ4v) is 7.55. The minimum absolute atomic E-state index is 0.250. The van der Waals surface area contributed by atoms with Gasteiger partial charge in [0.15, 0.2) is 11.7 Å². The van der Waals surface area contributed by atoms with E-state index in [4.69, 9.17) is 40.0 Å². The number of carbonyl (C=O) groups is 4. The molecule has 0 radical (unpaired) electrons. The van der Waals surface area contributed by atoms with Crippen molar-refractivity contribution >= 4 is 35.5 Å². The molecule has 12 atom stereocenters. The van der Waals surface area contributed by atoms with Crippen molar-refractivity contribution in [2.45, 2.75) is 101 Å². The number of hydrogen-bond acceptors (Lipinski definition) is 11. The smallest absolute Gasteiger partial charge is 0.312 e. The molecule has 0 aromatic heterocycles. The summed E-state index contributed by atoms with van der Waals surface area (Å²) >= 11 is 6.80. The Morgan fingerprint density at radius 1 is 1.08 bits per heavy atom. The number of epoxide rings is 2. The summed E-state index contributed by atoms with van der Waals surface area (Å²) in [6.07, 6.45) is -5.33. The molecule has 1 spiro atoms. The Balaban J connectivity index is 1.79. The highest BCUT2D eigenvalue weighted by molar-refractivity contribution is 6.23. The topological polar surface area (TPSA) is 150 Å². The standard InChI is InChI=1S/C26H33ClO11/c1-10-16(27)20-26(32,11(2)23(31)38-20)22(36-14(5)30)19-24(6,21(35-13(4)29)18-17(10)37-18)15(34-12(3)28)7-8-25(19)9-33-25/h11,15-22,32H,1,7-9H2,2-6H3/t11-,15-,16-,17+,18+,19+,20-,21-,22-,24-,25-,26-/m0/s1. The second-order valence-corrected chi connectivity index (χ2v) is 11.8. The van der Waals surface area contributed by atoms with E-state index in [2.05, 4.69) is 6.58 Å². The molecular weight excluding hydrogens is 524 g/mol. The van der Waals surface area contributed by atoms with Crippen LogP contribution in [0.1, 0.15) is 47.5 Å². The number of fused-ring (bicyclic) bond motifs is 4. The van der Waals surface area contributed by atoms with Gasteiger partial charge in [-0.25, -0.2) is 0 Å². The van der Waals surface area contributed by atoms with Gasteiger partial charge in [0.05, 0.1) is 28.9 Å². The van der Waals surface area contributed by atoms with Crippen LogP contribution in [0.5, 0.6) is 0 Å². The van der Waals surface area contributed by atoms with E-state index in [9.17, 15) is 24.3 Å². The van der Waals surface area contributed by atoms with Crippen molar-refractivity contribution in [1.82, 2.24) is 0 Å². The average molecular weight is 557 g/mol. The van der Waals surface area contributed by atoms with Crippen molar-refractivity contribution < 1.29 is 52.7 Å². The largest absolute Gasteiger partial charge is 0.462 e. The third-order valence-corrected chi connectivity index (χ3v) is 9.61. The van der Waals surface area contributed by atoms with Gasteiger partial charge in [0.2, 0.25) is 0 Å². The van der Waals surface area contributed by atoms with Crippen LogP contribution in [0.2, 0.25) is 0 Å². The molecular formula is C26H33ClO11. The van der Waals surface area contributed by atoms with Gasteiger partial charge < -0.3 is 33.5 Å². The average Bonchev–Trinajstić information content (AvgIpc) is 3.74. The first-order valence-corrected chi connectivity index (χ1v) is 13.2. The summed E-state index contributed by atoms with van der Waals surface area (Å²) in [5.41, 5.74) is -4.07. The predicted molar refractivity (Wildman–Crippen MR) is 128 cm³/mol. The Hall–Kier alpha value is -2.21. The van der Waals surface area contributed by atoms with Crippen molar-refractivity contribution in [3.8, 4) is 0 Å². The SMILES string of the molecule is C=C1[C@H]2O[C@H]2[C@H](OC(C)=O)[C@@]2(C)[C@@H](OC(C)=O)CC[C@]3(CO3)[C@@H]2[C@H](OC(C)=O)[C@]2(O)[C@@H](C)C(=O)O[C@H]2[C@H]1Cl. The number of halogens is 1. The van der Waals surface area contributed by atoms with Gasteiger partial charge in [-0.1, -0.05) is 13.5 Å². The van der Waals surface area contributed by atoms with Crippen LogP contribution in [-0.4, -0.2) is 88.8 Å². The lowest BCUT2D eigenvalue weighted by Crippen LogP contribution is -2.71. The van der Waals surface area contributed by atoms with E-state index in [-0.39, 0.29) is 6.61 Å². The van der Waals surface area contributed by atoms with Gasteiger partial charge in [-0.2, -0.15) is 0 Å². The Kier molecular flexibility index (Phi) is 6.41. The molecule has 210 valence electrons. The van der Waals surface area contributed by atoms with Crippen molar-refractivity contribution in [2.75, 3.05) is 6.61 Å². The summed E-state index contributed by atoms with van der Waals surface area (Å²) in [4.78, 5) is 50.2. The molecule has 2 saturated carbocycles. The number of carbonyl (C=O) groups excluding carboxylic acids is 4. The molecule has 3 heterocycles. The molecule has 0 aromatic rings. The van der Waals surface area contributed by atoms with Gasteiger partial charge in [0.25, 0.3) is 0 Å². The second-order valence-electron chi connectivity index (χ2n) is 11.4. The lowest BCUT2D eigenvalue weighted by Gasteiger charge is -2.56. The maximum atomic E-state index is 12.9. The van der Waals surface area contributed by atoms with Crippen molar-refractivity contribution in [3.05, 3.63) is 12.2 Å². The Labute approximate surface area is 225 Å². The molecule has 5 rings (SSSR count). The first-order valence-electron chi connectivity index (χ1n) is 12.7. The van der Waals surface area contributed by atoms with E-state index >= 15 is 0 Å². The molecule has 5 fully saturated rings. The predicted octanol–water partition coefficient (Wildman–Crippen LogP) is 1.20. The minimum Gasteiger partial charge on any atom is -0.462 e. The molecule has 3 aliphatic heterocycles. The van der Waals surface area contributed by atoms with E-state index in [1.54, 1.807) is 6.92 Å². The maximum Gasteiger partial charge on any atom is 0.312 e. The normalized spacial score (nSPS) is 49.1. The molecule has 5 aliphatic rings. The molecule has 11 nitrogen and oxygen atoms in total. The maximum absolute atomic E-state index is 12.9. The third-order valence-electron chi connectivity index (χ3n) is 9.10. The molecule has 38 heavy (non-hydrogen) atoms. The van der Waals surface area contributed by atoms with Crippen LogP contribution in [0.15, 0.2) is 12.2 Å². The van der Waals surface area contributed by atoms with E-state index in [0.29, 0.717) is 18.4 Å². The number of hydrogen-bond donors (Lipinski definition) is 1. The van der Waals surface area contributed by atoms with E-state index in [1.165, 1.54) is 27.7 Å². The Morgan fingerprint density at radius 2 is 1.66 bits per heavy atom. The van der Waals surface area contributed by atoms with Gasteiger partial charge in [0.1, 0.15) is 30.5 Å². The van der Waals surface area contributed by atoms with Crippen LogP contribution < -0.4 is 0 Å². The van der Waals surface area contributed by atoms with Gasteiger partial charge in [-0.15, -0.1) is 11.6 Å². The third kappa shape index (κ3) is 3.88. The highest BCUT2D eigenvalue weighted by Crippen LogP contribution is 2.64. The number of ether oxygens (including phenoxy) is 6. The summed E-state index contributed by atoms with van der Waals surface area (Å²) in [5.74, 6) is -4.72. The first kappa shape index (κ1) is 27.4. The molecule has 0 aromatic carbocycles. The van der Waals surface area contributed by atoms with Crippen molar-refractivity contribution in [2.24, 2.45) is 17.3 Å². The molecule has 0 amide bonds. The summed E-state index contributed by atoms with van der Waals surface area (Å²) < 4.78 is 35.2. The van der Waals surface area contributed by atoms with Crippen LogP contribution in [0.25, 0.3) is 0 Å². The molecule has 2 aliphatic carbocycles. The van der Waals surface area contributed by atoms with Gasteiger partial charge >= 0.3 is 23.9 Å². The summed E-state index contributed by atoms with van der Waals surface area (Å²) in [6.45, 7) is 11.2. The number of aliphatic hydroxyl groups is 1. The molecule has 3 saturated heterocycles. The molecule has 0 bridgehead atoms. The zero-order valence-electron chi connectivity index (χ0n) is 21.9. The molecule has 1 N–H and O–H groups in total. The fourth-order valence-electron chi connectivity index (χ4n) is 7.17. The number of esters is 4. The van der Waals surface area contributed by atoms with Crippen LogP contribution in [0.3, 0.4) is 0 Å². The fraction of sp³-hybridized carbons (Fsp3) is 0.769. The number of rotatable bonds is 3. The van der Waals surface area contributed by atoms with Crippen LogP contribution >= 0.6 is 11.6 Å². The minimum atomic E-state index is -2.14. The van der Waals surface area contributed by atoms with Gasteiger partial charge in [-0.3, -0.25) is 19.2 Å². The second kappa shape index (κ2) is 8.90. The monoisotopic (exact) mass is 556 g/mol. The van der Waals surface area contributed by atoms with Crippen LogP contribution in [0.4, 0.5) is 0 Å². The quantitative estimate of drug-likeness (QED) is 0.175. The zero-order valence-corrected chi connectivity index (χ0v) is 22.7. The van der Waals surface area contributed by atoms with E-state index < -0.39 is 94.3 Å². The summed E-state index contributed by atoms with van der Waals surface area (Å²) in [6, 6.07) is 0. The Morgan fingerprint density at radius 3 is 2.21 bits per heavy atom. The summed E-state index contributed by atoms with van der Waals surface area (Å²) in [7, 11) is 0. The number of alkyl halides is 1. The molecule has 0 unspecified atom stereocenters. The molecule has 12 heteroatoms.